The van der Waals surface area contributed by atoms with E-state index in [9.17, 15) is 4.79 Å². The molecule has 2 aromatic rings. The highest BCUT2D eigenvalue weighted by molar-refractivity contribution is 6.30. The quantitative estimate of drug-likeness (QED) is 0.787. The number of hydrogen-bond donors (Lipinski definition) is 1. The third kappa shape index (κ3) is 1.92. The van der Waals surface area contributed by atoms with Crippen LogP contribution in [0, 0.1) is 0 Å². The molecule has 15 heavy (non-hydrogen) atoms. The van der Waals surface area contributed by atoms with Crippen LogP contribution in [0.5, 0.6) is 0 Å². The normalized spacial score (nSPS) is 12.6. The molecule has 0 bridgehead atoms. The van der Waals surface area contributed by atoms with Gasteiger partial charge in [0.15, 0.2) is 0 Å². The number of carbonyl (C=O) groups excluding carboxylic acids is 1. The molecule has 1 heterocycles. The van der Waals surface area contributed by atoms with Gasteiger partial charge in [0.1, 0.15) is 5.38 Å². The van der Waals surface area contributed by atoms with E-state index in [1.807, 2.05) is 24.3 Å². The van der Waals surface area contributed by atoms with Gasteiger partial charge in [-0.1, -0.05) is 12.1 Å². The summed E-state index contributed by atoms with van der Waals surface area (Å²) in [6, 6.07) is 9.15. The van der Waals surface area contributed by atoms with Gasteiger partial charge in [-0.05, 0) is 23.8 Å². The largest absolute Gasteiger partial charge is 0.368 e. The molecule has 76 valence electrons. The number of rotatable bonds is 2. The molecule has 1 unspecified atom stereocenters. The van der Waals surface area contributed by atoms with Crippen molar-refractivity contribution in [1.82, 2.24) is 4.98 Å². The Balaban J connectivity index is 2.51. The van der Waals surface area contributed by atoms with Gasteiger partial charge in [0.05, 0.1) is 5.52 Å². The third-order valence-electron chi connectivity index (χ3n) is 2.17. The fourth-order valence-corrected chi connectivity index (χ4v) is 1.55. The zero-order chi connectivity index (χ0) is 10.8. The van der Waals surface area contributed by atoms with E-state index < -0.39 is 11.3 Å². The first-order valence-electron chi connectivity index (χ1n) is 4.46. The first-order chi connectivity index (χ1) is 7.18. The van der Waals surface area contributed by atoms with Crippen molar-refractivity contribution < 1.29 is 4.79 Å². The zero-order valence-electron chi connectivity index (χ0n) is 7.85. The summed E-state index contributed by atoms with van der Waals surface area (Å²) < 4.78 is 0. The van der Waals surface area contributed by atoms with E-state index in [4.69, 9.17) is 17.3 Å². The number of fused-ring (bicyclic) bond motifs is 1. The number of nitrogens with zero attached hydrogens (tertiary/aromatic N) is 1. The molecule has 3 nitrogen and oxygen atoms in total. The van der Waals surface area contributed by atoms with Gasteiger partial charge in [-0.15, -0.1) is 11.6 Å². The van der Waals surface area contributed by atoms with E-state index in [1.165, 1.54) is 0 Å². The molecule has 1 atom stereocenters. The number of nitrogens with two attached hydrogens (primary N) is 1. The smallest absolute Gasteiger partial charge is 0.240 e. The lowest BCUT2D eigenvalue weighted by atomic mass is 10.1. The Morgan fingerprint density at radius 2 is 2.20 bits per heavy atom. The maximum atomic E-state index is 10.9. The number of amides is 1. The molecule has 1 amide bonds. The van der Waals surface area contributed by atoms with Crippen molar-refractivity contribution in [2.24, 2.45) is 5.73 Å². The first kappa shape index (κ1) is 9.93. The highest BCUT2D eigenvalue weighted by Crippen LogP contribution is 2.23. The van der Waals surface area contributed by atoms with Crippen molar-refractivity contribution in [3.63, 3.8) is 0 Å². The average Bonchev–Trinajstić information content (AvgIpc) is 2.27. The number of halogens is 1. The SMILES string of the molecule is NC(=O)C(Cl)c1ccc2ncccc2c1. The predicted octanol–water partition coefficient (Wildman–Crippen LogP) is 2.00. The summed E-state index contributed by atoms with van der Waals surface area (Å²) in [6.45, 7) is 0. The second-order valence-corrected chi connectivity index (χ2v) is 3.66. The van der Waals surface area contributed by atoms with Crippen LogP contribution in [0.3, 0.4) is 0 Å². The van der Waals surface area contributed by atoms with Gasteiger partial charge in [0.2, 0.25) is 5.91 Å². The number of pyridine rings is 1. The number of hydrogen-bond acceptors (Lipinski definition) is 2. The van der Waals surface area contributed by atoms with Gasteiger partial charge in [-0.3, -0.25) is 9.78 Å². The summed E-state index contributed by atoms with van der Waals surface area (Å²) in [5.41, 5.74) is 6.69. The molecule has 0 fully saturated rings. The number of primary amides is 1. The zero-order valence-corrected chi connectivity index (χ0v) is 8.61. The Labute approximate surface area is 91.9 Å². The summed E-state index contributed by atoms with van der Waals surface area (Å²) in [5, 5.41) is 0.163. The molecule has 0 saturated carbocycles. The molecule has 0 aliphatic rings. The number of benzene rings is 1. The van der Waals surface area contributed by atoms with Crippen LogP contribution in [0.4, 0.5) is 0 Å². The lowest BCUT2D eigenvalue weighted by molar-refractivity contribution is -0.117. The highest BCUT2D eigenvalue weighted by Gasteiger charge is 2.14. The van der Waals surface area contributed by atoms with Gasteiger partial charge in [0, 0.05) is 11.6 Å². The standard InChI is InChI=1S/C11H9ClN2O/c12-10(11(13)15)8-3-4-9-7(6-8)2-1-5-14-9/h1-6,10H,(H2,13,15). The Kier molecular flexibility index (Phi) is 2.56. The number of aromatic nitrogens is 1. The van der Waals surface area contributed by atoms with Gasteiger partial charge in [-0.2, -0.15) is 0 Å². The van der Waals surface area contributed by atoms with Crippen molar-refractivity contribution in [3.8, 4) is 0 Å². The summed E-state index contributed by atoms with van der Waals surface area (Å²) in [4.78, 5) is 15.1. The van der Waals surface area contributed by atoms with Crippen LogP contribution < -0.4 is 5.73 Å². The van der Waals surface area contributed by atoms with Gasteiger partial charge >= 0.3 is 0 Å². The molecule has 2 rings (SSSR count). The van der Waals surface area contributed by atoms with E-state index in [-0.39, 0.29) is 0 Å². The topological polar surface area (TPSA) is 56.0 Å². The summed E-state index contributed by atoms with van der Waals surface area (Å²) in [7, 11) is 0. The van der Waals surface area contributed by atoms with Crippen LogP contribution in [0.25, 0.3) is 10.9 Å². The molecule has 4 heteroatoms. The maximum absolute atomic E-state index is 10.9. The minimum absolute atomic E-state index is 0.542. The first-order valence-corrected chi connectivity index (χ1v) is 4.90. The van der Waals surface area contributed by atoms with Crippen molar-refractivity contribution in [2.75, 3.05) is 0 Å². The average molecular weight is 221 g/mol. The molecule has 0 aliphatic heterocycles. The van der Waals surface area contributed by atoms with E-state index >= 15 is 0 Å². The molecule has 0 saturated heterocycles. The molecule has 1 aromatic carbocycles. The molecular weight excluding hydrogens is 212 g/mol. The predicted molar refractivity (Wildman–Crippen MR) is 59.5 cm³/mol. The molecule has 2 N–H and O–H groups in total. The lowest BCUT2D eigenvalue weighted by Gasteiger charge is -2.06. The molecule has 0 aliphatic carbocycles. The second-order valence-electron chi connectivity index (χ2n) is 3.22. The van der Waals surface area contributed by atoms with Gasteiger partial charge < -0.3 is 5.73 Å². The minimum atomic E-state index is -0.783. The van der Waals surface area contributed by atoms with E-state index in [1.54, 1.807) is 12.3 Å². The Hall–Kier alpha value is -1.61. The Morgan fingerprint density at radius 3 is 2.93 bits per heavy atom. The molecular formula is C11H9ClN2O. The van der Waals surface area contributed by atoms with Crippen LogP contribution in [0.1, 0.15) is 10.9 Å². The maximum Gasteiger partial charge on any atom is 0.240 e. The van der Waals surface area contributed by atoms with Crippen molar-refractivity contribution in [1.29, 1.82) is 0 Å². The third-order valence-corrected chi connectivity index (χ3v) is 2.64. The Bertz CT molecular complexity index is 513. The van der Waals surface area contributed by atoms with Crippen LogP contribution in [-0.4, -0.2) is 10.9 Å². The van der Waals surface area contributed by atoms with Crippen molar-refractivity contribution in [2.45, 2.75) is 5.38 Å². The fraction of sp³-hybridized carbons (Fsp3) is 0.0909. The molecule has 0 spiro atoms. The lowest BCUT2D eigenvalue weighted by Crippen LogP contribution is -2.16. The van der Waals surface area contributed by atoms with Gasteiger partial charge in [0.25, 0.3) is 0 Å². The van der Waals surface area contributed by atoms with Crippen LogP contribution >= 0.6 is 11.6 Å². The van der Waals surface area contributed by atoms with E-state index in [2.05, 4.69) is 4.98 Å². The van der Waals surface area contributed by atoms with E-state index in [0.29, 0.717) is 5.56 Å². The van der Waals surface area contributed by atoms with Crippen molar-refractivity contribution in [3.05, 3.63) is 42.1 Å². The number of alkyl halides is 1. The van der Waals surface area contributed by atoms with Crippen LogP contribution in [-0.2, 0) is 4.79 Å². The Morgan fingerprint density at radius 1 is 1.40 bits per heavy atom. The number of carbonyl (C=O) groups is 1. The van der Waals surface area contributed by atoms with Crippen LogP contribution in [0.15, 0.2) is 36.5 Å². The monoisotopic (exact) mass is 220 g/mol. The van der Waals surface area contributed by atoms with Crippen molar-refractivity contribution >= 4 is 28.4 Å². The summed E-state index contributed by atoms with van der Waals surface area (Å²) in [5.74, 6) is -0.542. The van der Waals surface area contributed by atoms with E-state index in [0.717, 1.165) is 10.9 Å². The highest BCUT2D eigenvalue weighted by atomic mass is 35.5. The molecule has 1 aromatic heterocycles. The summed E-state index contributed by atoms with van der Waals surface area (Å²) in [6.07, 6.45) is 1.72. The molecule has 0 radical (unpaired) electrons. The second kappa shape index (κ2) is 3.87. The fourth-order valence-electron chi connectivity index (χ4n) is 1.42. The van der Waals surface area contributed by atoms with Gasteiger partial charge in [-0.25, -0.2) is 0 Å². The summed E-state index contributed by atoms with van der Waals surface area (Å²) >= 11 is 5.85. The van der Waals surface area contributed by atoms with Crippen LogP contribution in [0.2, 0.25) is 0 Å². The minimum Gasteiger partial charge on any atom is -0.368 e.